The molecule has 0 bridgehead atoms. The number of hydrogen-bond acceptors (Lipinski definition) is 30. The molecule has 3 aromatic carbocycles. The number of nitro groups is 1. The number of nitrogens with one attached hydrogen (secondary N) is 4. The SMILES string of the molecule is CC(=O)NN.CC(=O)ON1C(=O)CC(S(=O)(=O)[O-])C1=O.CC(=O)ON1C(=O)CCC1=O.CC(=O)Oc1c(F)c(F)cc(F)c1F.CC(=O)Oc1ccc([N+](=O)[O-])cc1.CC(=O)Oc1ccccc1.CN1C(=O)C=CC1=O.CN=C=S.CNC(=O)CBr.CNN.COC(C)=N.[Na+]. The summed E-state index contributed by atoms with van der Waals surface area (Å²) in [4.78, 5) is 159. The molecular weight excluding hydrogens is 1410 g/mol. The van der Waals surface area contributed by atoms with E-state index in [0.29, 0.717) is 21.9 Å². The molecule has 520 valence electrons. The maximum absolute atomic E-state index is 12.7. The standard InChI is InChI=1S/C8H4F4O2.C8H7NO4.C8H8O2.C6H7NO7S.C6H7NO4.C5H5NO2.C3H6BrNO.C3H7NO.C2H6N2O.C2H3NS.CH6N2.Na/c1-3(13)14-8-6(11)4(9)2-5(10)7(8)12;1-6(10)13-8-4-2-7(3-5-8)9(11)12;1-7(9)10-8-5-3-2-4-6-8;1-3(8)14-7-5(9)2-4(6(7)10)15(11,12)13;1-4(8)11-7-5(9)2-3-6(7)10;1-6-4(7)2-3-5(6)8;1-5-3(6)2-4;1-3(4)5-2;1-2(5)4-3;1-3-2-4;1-3-2;/h2H,1H3;2-5H,1H3;2-6H,1H3;4H,2H2,1H3,(H,11,12,13);2-3H2,1H3;2-3H,1H3;2H2,1H3,(H,5,6);4H,1-2H3;3H2,1H3,(H,4,5);1H3;3H,2H2,1H3;/q;;;;;;;;;;;+1/p-1. The fourth-order valence-electron chi connectivity index (χ4n) is 4.60. The number of isothiocyanates is 1. The number of amides is 8. The van der Waals surface area contributed by atoms with Gasteiger partial charge in [0.1, 0.15) is 26.9 Å². The Morgan fingerprint density at radius 3 is 1.36 bits per heavy atom. The maximum Gasteiger partial charge on any atom is 1.00 e. The van der Waals surface area contributed by atoms with Crippen LogP contribution in [-0.2, 0) is 86.9 Å². The van der Waals surface area contributed by atoms with Gasteiger partial charge in [-0.2, -0.15) is 8.78 Å². The third-order valence-corrected chi connectivity index (χ3v) is 10.3. The fraction of sp³-hybridized carbons (Fsp3) is 0.327. The zero-order chi connectivity index (χ0) is 74.2. The molecule has 6 rings (SSSR count). The van der Waals surface area contributed by atoms with Gasteiger partial charge in [0.2, 0.25) is 29.2 Å². The van der Waals surface area contributed by atoms with Crippen LogP contribution < -0.4 is 71.6 Å². The summed E-state index contributed by atoms with van der Waals surface area (Å²) in [6, 6.07) is 14.3. The summed E-state index contributed by atoms with van der Waals surface area (Å²) >= 11 is 7.10. The molecule has 0 saturated carbocycles. The molecule has 0 radical (unpaired) electrons. The van der Waals surface area contributed by atoms with Gasteiger partial charge < -0.3 is 38.5 Å². The molecule has 2 saturated heterocycles. The first kappa shape index (κ1) is 96.9. The van der Waals surface area contributed by atoms with Crippen LogP contribution in [0.15, 0.2) is 77.8 Å². The first-order valence-electron chi connectivity index (χ1n) is 24.9. The van der Waals surface area contributed by atoms with E-state index in [2.05, 4.69) is 84.6 Å². The van der Waals surface area contributed by atoms with Crippen molar-refractivity contribution in [2.45, 2.75) is 73.0 Å². The van der Waals surface area contributed by atoms with Gasteiger partial charge in [-0.3, -0.25) is 89.9 Å². The Bertz CT molecular complexity index is 3220. The van der Waals surface area contributed by atoms with Crippen molar-refractivity contribution >= 4 is 132 Å². The number of hydroxylamine groups is 4. The van der Waals surface area contributed by atoms with E-state index < -0.39 is 103 Å². The van der Waals surface area contributed by atoms with Gasteiger partial charge in [-0.15, -0.1) is 10.1 Å². The van der Waals surface area contributed by atoms with Gasteiger partial charge in [-0.25, -0.2) is 37.6 Å². The van der Waals surface area contributed by atoms with Crippen LogP contribution in [0.4, 0.5) is 23.2 Å². The van der Waals surface area contributed by atoms with Gasteiger partial charge in [-0.1, -0.05) is 34.1 Å². The number of hydrogen-bond donors (Lipinski definition) is 6. The molecule has 1 unspecified atom stereocenters. The summed E-state index contributed by atoms with van der Waals surface area (Å²) in [5.41, 5.74) is 4.11. The molecule has 2 fully saturated rings. The molecule has 3 aliphatic rings. The van der Waals surface area contributed by atoms with Gasteiger partial charge in [0.15, 0.2) is 17.5 Å². The maximum atomic E-state index is 12.7. The number of methoxy groups -OCH3 is 1. The summed E-state index contributed by atoms with van der Waals surface area (Å²) in [6.45, 7) is 8.49. The minimum Gasteiger partial charge on any atom is -0.747 e. The number of esters is 3. The van der Waals surface area contributed by atoms with Crippen molar-refractivity contribution in [3.05, 3.63) is 106 Å². The number of imide groups is 3. The Morgan fingerprint density at radius 2 is 1.11 bits per heavy atom. The molecule has 3 aliphatic heterocycles. The topological polar surface area (TPSA) is 512 Å². The number of alkyl halides is 1. The largest absolute Gasteiger partial charge is 1.00 e. The summed E-state index contributed by atoms with van der Waals surface area (Å²) in [5.74, 6) is -5.15. The molecule has 3 aromatic rings. The molecule has 1 atom stereocenters. The monoisotopic (exact) mass is 1470 g/mol. The van der Waals surface area contributed by atoms with E-state index in [1.54, 1.807) is 40.2 Å². The van der Waals surface area contributed by atoms with Gasteiger partial charge >= 0.3 is 59.4 Å². The van der Waals surface area contributed by atoms with Crippen LogP contribution in [0.5, 0.6) is 17.2 Å². The van der Waals surface area contributed by atoms with Crippen LogP contribution in [-0.4, -0.2) is 167 Å². The molecule has 0 spiro atoms. The van der Waals surface area contributed by atoms with Crippen LogP contribution >= 0.6 is 28.1 Å². The van der Waals surface area contributed by atoms with Crippen molar-refractivity contribution in [1.82, 2.24) is 31.2 Å². The van der Waals surface area contributed by atoms with Gasteiger partial charge in [0, 0.05) is 113 Å². The van der Waals surface area contributed by atoms with E-state index in [0.717, 1.165) is 25.7 Å². The summed E-state index contributed by atoms with van der Waals surface area (Å²) in [5, 5.41) is 20.2. The first-order valence-corrected chi connectivity index (χ1v) is 27.9. The molecule has 8 N–H and O–H groups in total. The number of carbonyl (C=O) groups excluding carboxylic acids is 13. The number of nitrogens with two attached hydrogens (primary N) is 2. The average Bonchev–Trinajstić information content (AvgIpc) is 1.74. The Morgan fingerprint density at radius 1 is 0.737 bits per heavy atom. The molecule has 0 aromatic heterocycles. The van der Waals surface area contributed by atoms with Crippen LogP contribution in [0.2, 0.25) is 0 Å². The normalized spacial score (nSPS) is 12.3. The van der Waals surface area contributed by atoms with Crippen molar-refractivity contribution in [2.24, 2.45) is 16.7 Å². The predicted octanol–water partition coefficient (Wildman–Crippen LogP) is -0.852. The number of hydrazine groups is 2. The molecule has 3 heterocycles. The number of nitro benzene ring substituents is 1. The number of ether oxygens (including phenoxy) is 4. The van der Waals surface area contributed by atoms with Crippen molar-refractivity contribution < 1.29 is 156 Å². The number of para-hydroxylation sites is 1. The summed E-state index contributed by atoms with van der Waals surface area (Å²) < 4.78 is 99.8. The molecular formula is C52H65BrF4N11NaO24S2. The quantitative estimate of drug-likeness (QED) is 0.0127. The van der Waals surface area contributed by atoms with Crippen LogP contribution in [0.1, 0.15) is 67.7 Å². The van der Waals surface area contributed by atoms with Gasteiger partial charge in [0.25, 0.3) is 41.1 Å². The Balaban J connectivity index is -0.000000236. The minimum absolute atomic E-state index is 0. The van der Waals surface area contributed by atoms with Crippen LogP contribution in [0.25, 0.3) is 0 Å². The number of rotatable bonds is 8. The smallest absolute Gasteiger partial charge is 0.747 e. The first-order chi connectivity index (χ1) is 43.5. The number of non-ortho nitro benzene ring substituents is 1. The van der Waals surface area contributed by atoms with E-state index in [4.69, 9.17) is 10.1 Å². The number of carbonyl (C=O) groups is 13. The van der Waals surface area contributed by atoms with Crippen molar-refractivity contribution in [1.29, 1.82) is 5.41 Å². The number of aliphatic imine (C=N–C) groups is 1. The number of nitrogens with zero attached hydrogens (tertiary/aromatic N) is 5. The van der Waals surface area contributed by atoms with E-state index >= 15 is 0 Å². The molecule has 0 aliphatic carbocycles. The number of thiocarbonyl (C=S) groups is 1. The zero-order valence-electron chi connectivity index (χ0n) is 52.7. The Labute approximate surface area is 575 Å². The van der Waals surface area contributed by atoms with E-state index in [9.17, 15) is 103 Å². The molecule has 8 amide bonds. The van der Waals surface area contributed by atoms with Gasteiger partial charge in [-0.05, 0) is 43.5 Å². The second-order valence-corrected chi connectivity index (χ2v) is 18.3. The van der Waals surface area contributed by atoms with Crippen LogP contribution in [0, 0.1) is 38.8 Å². The minimum atomic E-state index is -4.91. The van der Waals surface area contributed by atoms with E-state index in [1.807, 2.05) is 23.6 Å². The van der Waals surface area contributed by atoms with Gasteiger partial charge in [0.05, 0.1) is 28.9 Å². The Kier molecular flexibility index (Phi) is 55.3. The zero-order valence-corrected chi connectivity index (χ0v) is 57.9. The van der Waals surface area contributed by atoms with Crippen molar-refractivity contribution in [3.63, 3.8) is 0 Å². The second-order valence-electron chi connectivity index (χ2n) is 16.0. The second kappa shape index (κ2) is 54.2. The molecule has 95 heavy (non-hydrogen) atoms. The number of benzene rings is 3. The molecule has 43 heteroatoms. The fourth-order valence-corrected chi connectivity index (χ4v) is 5.57. The van der Waals surface area contributed by atoms with E-state index in [-0.39, 0.29) is 94.7 Å². The third kappa shape index (κ3) is 48.2. The van der Waals surface area contributed by atoms with Crippen LogP contribution in [0.3, 0.4) is 0 Å². The predicted molar refractivity (Wildman–Crippen MR) is 322 cm³/mol. The van der Waals surface area contributed by atoms with Crippen molar-refractivity contribution in [3.8, 4) is 17.2 Å². The van der Waals surface area contributed by atoms with E-state index in [1.165, 1.54) is 71.3 Å². The van der Waals surface area contributed by atoms with Crippen molar-refractivity contribution in [2.75, 3.05) is 40.6 Å². The average molecular weight is 1470 g/mol. The Hall–Kier alpha value is -9.23. The third-order valence-electron chi connectivity index (χ3n) is 8.52. The number of halogens is 5. The number of likely N-dealkylation sites (N-methyl/N-ethyl adjacent to an activating group) is 1. The summed E-state index contributed by atoms with van der Waals surface area (Å²) in [6.07, 6.45) is 1.97. The molecule has 35 nitrogen and oxygen atoms in total. The summed E-state index contributed by atoms with van der Waals surface area (Å²) in [7, 11) is 2.86.